The number of piperidine rings is 1. The van der Waals surface area contributed by atoms with Gasteiger partial charge in [0.2, 0.25) is 5.91 Å². The number of hydrogen-bond acceptors (Lipinski definition) is 4. The maximum Gasteiger partial charge on any atom is 0.223 e. The summed E-state index contributed by atoms with van der Waals surface area (Å²) < 4.78 is 0. The van der Waals surface area contributed by atoms with Crippen LogP contribution in [0, 0.1) is 5.92 Å². The van der Waals surface area contributed by atoms with E-state index in [1.165, 1.54) is 12.8 Å². The third kappa shape index (κ3) is 2.74. The second-order valence-electron chi connectivity index (χ2n) is 6.19. The van der Waals surface area contributed by atoms with E-state index in [2.05, 4.69) is 22.5 Å². The molecular formula is C15H23N3OS. The summed E-state index contributed by atoms with van der Waals surface area (Å²) in [5.74, 6) is 0.388. The van der Waals surface area contributed by atoms with Crippen molar-refractivity contribution in [2.75, 3.05) is 6.54 Å². The van der Waals surface area contributed by atoms with Gasteiger partial charge in [-0.25, -0.2) is 4.98 Å². The lowest BCUT2D eigenvalue weighted by Gasteiger charge is -2.33. The minimum absolute atomic E-state index is 0.156. The monoisotopic (exact) mass is 293 g/mol. The number of aromatic nitrogens is 1. The largest absolute Gasteiger partial charge is 0.344 e. The van der Waals surface area contributed by atoms with Crippen LogP contribution in [0.5, 0.6) is 0 Å². The van der Waals surface area contributed by atoms with E-state index in [1.54, 1.807) is 11.3 Å². The Bertz CT molecular complexity index is 454. The molecule has 4 nitrogen and oxygen atoms in total. The first kappa shape index (κ1) is 14.0. The van der Waals surface area contributed by atoms with Crippen molar-refractivity contribution in [3.63, 3.8) is 0 Å². The lowest BCUT2D eigenvalue weighted by Crippen LogP contribution is -2.49. The van der Waals surface area contributed by atoms with Crippen molar-refractivity contribution < 1.29 is 4.79 Å². The normalized spacial score (nSPS) is 29.2. The maximum absolute atomic E-state index is 12.6. The predicted molar refractivity (Wildman–Crippen MR) is 80.6 cm³/mol. The summed E-state index contributed by atoms with van der Waals surface area (Å²) >= 11 is 1.67. The highest BCUT2D eigenvalue weighted by molar-refractivity contribution is 7.09. The number of nitrogens with one attached hydrogen (secondary N) is 2. The molecule has 1 saturated heterocycles. The van der Waals surface area contributed by atoms with Crippen molar-refractivity contribution in [2.45, 2.75) is 57.0 Å². The molecule has 2 N–H and O–H groups in total. The van der Waals surface area contributed by atoms with E-state index in [1.807, 2.05) is 11.6 Å². The second-order valence-corrected chi connectivity index (χ2v) is 7.09. The molecule has 2 fully saturated rings. The molecule has 1 aromatic rings. The van der Waals surface area contributed by atoms with E-state index in [0.29, 0.717) is 6.04 Å². The Morgan fingerprint density at radius 3 is 2.95 bits per heavy atom. The lowest BCUT2D eigenvalue weighted by atomic mass is 9.90. The Morgan fingerprint density at radius 2 is 2.30 bits per heavy atom. The highest BCUT2D eigenvalue weighted by Gasteiger charge is 2.40. The first-order chi connectivity index (χ1) is 9.70. The number of hydrogen-bond donors (Lipinski definition) is 2. The SMILES string of the molecule is C[C@H]1C[C@@H](C(=O)NC2(c3nccs3)CCCC2)CCN1. The molecule has 3 rings (SSSR count). The summed E-state index contributed by atoms with van der Waals surface area (Å²) in [7, 11) is 0. The fourth-order valence-corrected chi connectivity index (χ4v) is 4.39. The molecule has 0 aromatic carbocycles. The fraction of sp³-hybridized carbons (Fsp3) is 0.733. The Kier molecular flexibility index (Phi) is 4.08. The van der Waals surface area contributed by atoms with Gasteiger partial charge in [-0.05, 0) is 39.2 Å². The Morgan fingerprint density at radius 1 is 1.50 bits per heavy atom. The van der Waals surface area contributed by atoms with Crippen LogP contribution in [-0.2, 0) is 10.3 Å². The smallest absolute Gasteiger partial charge is 0.223 e. The third-order valence-corrected chi connectivity index (χ3v) is 5.63. The summed E-state index contributed by atoms with van der Waals surface area (Å²) in [6.45, 7) is 3.11. The second kappa shape index (κ2) is 5.82. The lowest BCUT2D eigenvalue weighted by molar-refractivity contribution is -0.128. The molecule has 2 atom stereocenters. The van der Waals surface area contributed by atoms with Gasteiger partial charge in [0.25, 0.3) is 0 Å². The molecule has 20 heavy (non-hydrogen) atoms. The van der Waals surface area contributed by atoms with Gasteiger partial charge in [0.15, 0.2) is 0 Å². The number of rotatable bonds is 3. The molecule has 1 amide bonds. The van der Waals surface area contributed by atoms with E-state index in [9.17, 15) is 4.79 Å². The molecule has 0 bridgehead atoms. The predicted octanol–water partition coefficient (Wildman–Crippen LogP) is 2.42. The van der Waals surface area contributed by atoms with Crippen molar-refractivity contribution in [2.24, 2.45) is 5.92 Å². The minimum Gasteiger partial charge on any atom is -0.344 e. The van der Waals surface area contributed by atoms with Crippen LogP contribution < -0.4 is 10.6 Å². The highest BCUT2D eigenvalue weighted by Crippen LogP contribution is 2.40. The van der Waals surface area contributed by atoms with Crippen molar-refractivity contribution in [3.8, 4) is 0 Å². The van der Waals surface area contributed by atoms with E-state index < -0.39 is 0 Å². The molecule has 2 heterocycles. The fourth-order valence-electron chi connectivity index (χ4n) is 3.54. The first-order valence-corrected chi connectivity index (χ1v) is 8.53. The Balaban J connectivity index is 1.72. The number of amides is 1. The highest BCUT2D eigenvalue weighted by atomic mass is 32.1. The Hall–Kier alpha value is -0.940. The molecular weight excluding hydrogens is 270 g/mol. The van der Waals surface area contributed by atoms with Crippen LogP contribution in [0.15, 0.2) is 11.6 Å². The van der Waals surface area contributed by atoms with Crippen LogP contribution in [0.2, 0.25) is 0 Å². The molecule has 5 heteroatoms. The maximum atomic E-state index is 12.6. The van der Waals surface area contributed by atoms with Crippen molar-refractivity contribution in [1.82, 2.24) is 15.6 Å². The molecule has 1 aliphatic heterocycles. The van der Waals surface area contributed by atoms with Gasteiger partial charge >= 0.3 is 0 Å². The quantitative estimate of drug-likeness (QED) is 0.900. The van der Waals surface area contributed by atoms with Crippen LogP contribution in [0.3, 0.4) is 0 Å². The zero-order valence-corrected chi connectivity index (χ0v) is 12.8. The van der Waals surface area contributed by atoms with Crippen molar-refractivity contribution in [1.29, 1.82) is 0 Å². The van der Waals surface area contributed by atoms with Crippen LogP contribution in [0.4, 0.5) is 0 Å². The topological polar surface area (TPSA) is 54.0 Å². The zero-order chi connectivity index (χ0) is 14.0. The Labute approximate surface area is 124 Å². The van der Waals surface area contributed by atoms with Gasteiger partial charge in [0.1, 0.15) is 5.01 Å². The third-order valence-electron chi connectivity index (χ3n) is 4.66. The van der Waals surface area contributed by atoms with E-state index in [0.717, 1.165) is 37.2 Å². The summed E-state index contributed by atoms with van der Waals surface area (Å²) in [6, 6.07) is 0.443. The number of nitrogens with zero attached hydrogens (tertiary/aromatic N) is 1. The molecule has 0 unspecified atom stereocenters. The average molecular weight is 293 g/mol. The summed E-state index contributed by atoms with van der Waals surface area (Å²) in [4.78, 5) is 17.1. The van der Waals surface area contributed by atoms with E-state index in [-0.39, 0.29) is 17.4 Å². The number of carbonyl (C=O) groups is 1. The minimum atomic E-state index is -0.181. The van der Waals surface area contributed by atoms with Gasteiger partial charge in [-0.2, -0.15) is 0 Å². The van der Waals surface area contributed by atoms with Gasteiger partial charge in [0, 0.05) is 23.5 Å². The summed E-state index contributed by atoms with van der Waals surface area (Å²) in [5.41, 5.74) is -0.181. The standard InChI is InChI=1S/C15H23N3OS/c1-11-10-12(4-7-16-11)13(19)18-15(5-2-3-6-15)14-17-8-9-20-14/h8-9,11-12,16H,2-7,10H2,1H3,(H,18,19)/t11-,12-/m0/s1. The summed E-state index contributed by atoms with van der Waals surface area (Å²) in [6.07, 6.45) is 8.17. The first-order valence-electron chi connectivity index (χ1n) is 7.65. The van der Waals surface area contributed by atoms with Gasteiger partial charge in [-0.1, -0.05) is 12.8 Å². The van der Waals surface area contributed by atoms with Crippen LogP contribution >= 0.6 is 11.3 Å². The molecule has 0 spiro atoms. The van der Waals surface area contributed by atoms with Crippen LogP contribution in [0.1, 0.15) is 50.5 Å². The molecule has 1 saturated carbocycles. The molecule has 2 aliphatic rings. The van der Waals surface area contributed by atoms with Gasteiger partial charge in [-0.3, -0.25) is 4.79 Å². The van der Waals surface area contributed by atoms with Crippen LogP contribution in [0.25, 0.3) is 0 Å². The van der Waals surface area contributed by atoms with Gasteiger partial charge < -0.3 is 10.6 Å². The number of carbonyl (C=O) groups excluding carboxylic acids is 1. The van der Waals surface area contributed by atoms with Crippen molar-refractivity contribution >= 4 is 17.2 Å². The molecule has 1 aromatic heterocycles. The van der Waals surface area contributed by atoms with Gasteiger partial charge in [-0.15, -0.1) is 11.3 Å². The van der Waals surface area contributed by atoms with Crippen LogP contribution in [-0.4, -0.2) is 23.5 Å². The van der Waals surface area contributed by atoms with E-state index >= 15 is 0 Å². The summed E-state index contributed by atoms with van der Waals surface area (Å²) in [5, 5.41) is 9.87. The van der Waals surface area contributed by atoms with Gasteiger partial charge in [0.05, 0.1) is 5.54 Å². The van der Waals surface area contributed by atoms with E-state index in [4.69, 9.17) is 0 Å². The number of thiazole rings is 1. The average Bonchev–Trinajstić information content (AvgIpc) is 3.10. The molecule has 110 valence electrons. The zero-order valence-electron chi connectivity index (χ0n) is 12.0. The van der Waals surface area contributed by atoms with Crippen molar-refractivity contribution in [3.05, 3.63) is 16.6 Å². The molecule has 0 radical (unpaired) electrons. The molecule has 1 aliphatic carbocycles.